The fraction of sp³-hybridized carbons (Fsp3) is 0.211. The van der Waals surface area contributed by atoms with Crippen LogP contribution in [0.15, 0.2) is 53.0 Å². The van der Waals surface area contributed by atoms with Crippen molar-refractivity contribution in [2.45, 2.75) is 19.9 Å². The molecule has 2 aromatic carbocycles. The third kappa shape index (κ3) is 5.23. The standard InChI is InChI=1S/C19H18BrN5O3/c1-2-11-28-19(27)14-5-9-16(10-6-14)21-17(26)12-25-23-18(22-24-25)13-3-7-15(20)8-4-13/h3-10H,2,11-12H2,1H3,(H,21,26). The van der Waals surface area contributed by atoms with Crippen LogP contribution < -0.4 is 5.32 Å². The van der Waals surface area contributed by atoms with Crippen molar-refractivity contribution in [2.24, 2.45) is 0 Å². The molecule has 1 aromatic heterocycles. The van der Waals surface area contributed by atoms with E-state index in [1.165, 1.54) is 4.80 Å². The van der Waals surface area contributed by atoms with Crippen molar-refractivity contribution in [3.63, 3.8) is 0 Å². The Labute approximate surface area is 170 Å². The molecule has 0 unspecified atom stereocenters. The largest absolute Gasteiger partial charge is 0.462 e. The first-order valence-corrected chi connectivity index (χ1v) is 9.45. The Morgan fingerprint density at radius 1 is 1.11 bits per heavy atom. The number of nitrogens with zero attached hydrogens (tertiary/aromatic N) is 4. The van der Waals surface area contributed by atoms with Gasteiger partial charge in [-0.1, -0.05) is 22.9 Å². The highest BCUT2D eigenvalue weighted by atomic mass is 79.9. The number of hydrogen-bond donors (Lipinski definition) is 1. The van der Waals surface area contributed by atoms with Crippen LogP contribution >= 0.6 is 15.9 Å². The van der Waals surface area contributed by atoms with Gasteiger partial charge in [0.2, 0.25) is 11.7 Å². The number of aromatic nitrogens is 4. The minimum Gasteiger partial charge on any atom is -0.462 e. The molecule has 0 atom stereocenters. The second kappa shape index (κ2) is 9.23. The monoisotopic (exact) mass is 443 g/mol. The van der Waals surface area contributed by atoms with Gasteiger partial charge < -0.3 is 10.1 Å². The first-order chi connectivity index (χ1) is 13.5. The predicted octanol–water partition coefficient (Wildman–Crippen LogP) is 3.31. The number of carbonyl (C=O) groups excluding carboxylic acids is 2. The highest BCUT2D eigenvalue weighted by molar-refractivity contribution is 9.10. The van der Waals surface area contributed by atoms with Gasteiger partial charge in [-0.15, -0.1) is 10.2 Å². The lowest BCUT2D eigenvalue weighted by Gasteiger charge is -2.06. The van der Waals surface area contributed by atoms with Crippen molar-refractivity contribution in [3.8, 4) is 11.4 Å². The Balaban J connectivity index is 1.57. The molecule has 9 heteroatoms. The van der Waals surface area contributed by atoms with Crippen molar-refractivity contribution >= 4 is 33.5 Å². The van der Waals surface area contributed by atoms with Gasteiger partial charge in [0.25, 0.3) is 0 Å². The van der Waals surface area contributed by atoms with E-state index in [2.05, 4.69) is 36.7 Å². The molecule has 0 fully saturated rings. The Kier molecular flexibility index (Phi) is 6.49. The predicted molar refractivity (Wildman–Crippen MR) is 107 cm³/mol. The number of anilines is 1. The van der Waals surface area contributed by atoms with E-state index in [9.17, 15) is 9.59 Å². The highest BCUT2D eigenvalue weighted by Gasteiger charge is 2.11. The number of benzene rings is 2. The molecule has 1 N–H and O–H groups in total. The van der Waals surface area contributed by atoms with Crippen molar-refractivity contribution in [2.75, 3.05) is 11.9 Å². The first kappa shape index (κ1) is 19.7. The molecule has 3 aromatic rings. The summed E-state index contributed by atoms with van der Waals surface area (Å²) in [6, 6.07) is 14.0. The molecule has 8 nitrogen and oxygen atoms in total. The molecule has 0 spiro atoms. The molecule has 144 valence electrons. The zero-order valence-electron chi connectivity index (χ0n) is 15.1. The number of esters is 1. The molecule has 0 aliphatic carbocycles. The van der Waals surface area contributed by atoms with Crippen molar-refractivity contribution < 1.29 is 14.3 Å². The fourth-order valence-electron chi connectivity index (χ4n) is 2.32. The van der Waals surface area contributed by atoms with E-state index in [4.69, 9.17) is 4.74 Å². The van der Waals surface area contributed by atoms with Crippen LogP contribution in [0.25, 0.3) is 11.4 Å². The molecule has 0 radical (unpaired) electrons. The van der Waals surface area contributed by atoms with Crippen LogP contribution in [0.5, 0.6) is 0 Å². The normalized spacial score (nSPS) is 10.5. The molecule has 0 bridgehead atoms. The van der Waals surface area contributed by atoms with E-state index in [0.29, 0.717) is 23.7 Å². The highest BCUT2D eigenvalue weighted by Crippen LogP contribution is 2.17. The summed E-state index contributed by atoms with van der Waals surface area (Å²) in [6.07, 6.45) is 0.764. The van der Waals surface area contributed by atoms with Gasteiger partial charge in [-0.3, -0.25) is 4.79 Å². The van der Waals surface area contributed by atoms with Gasteiger partial charge in [-0.05, 0) is 60.2 Å². The average molecular weight is 444 g/mol. The lowest BCUT2D eigenvalue weighted by molar-refractivity contribution is -0.117. The van der Waals surface area contributed by atoms with E-state index < -0.39 is 0 Å². The number of halogens is 1. The Morgan fingerprint density at radius 2 is 1.82 bits per heavy atom. The smallest absolute Gasteiger partial charge is 0.338 e. The summed E-state index contributed by atoms with van der Waals surface area (Å²) >= 11 is 3.37. The SMILES string of the molecule is CCCOC(=O)c1ccc(NC(=O)Cn2nnc(-c3ccc(Br)cc3)n2)cc1. The van der Waals surface area contributed by atoms with Crippen LogP contribution in [-0.4, -0.2) is 38.7 Å². The third-order valence-electron chi connectivity index (χ3n) is 3.68. The van der Waals surface area contributed by atoms with E-state index in [1.54, 1.807) is 24.3 Å². The van der Waals surface area contributed by atoms with Crippen molar-refractivity contribution in [1.29, 1.82) is 0 Å². The van der Waals surface area contributed by atoms with E-state index in [1.807, 2.05) is 31.2 Å². The maximum atomic E-state index is 12.2. The summed E-state index contributed by atoms with van der Waals surface area (Å²) in [7, 11) is 0. The first-order valence-electron chi connectivity index (χ1n) is 8.66. The number of hydrogen-bond acceptors (Lipinski definition) is 6. The molecule has 0 saturated carbocycles. The molecule has 1 amide bonds. The van der Waals surface area contributed by atoms with Gasteiger partial charge in [0.05, 0.1) is 12.2 Å². The minimum atomic E-state index is -0.382. The molecular weight excluding hydrogens is 426 g/mol. The summed E-state index contributed by atoms with van der Waals surface area (Å²) in [5, 5.41) is 14.8. The van der Waals surface area contributed by atoms with Crippen LogP contribution in [0.4, 0.5) is 5.69 Å². The van der Waals surface area contributed by atoms with E-state index >= 15 is 0 Å². The van der Waals surface area contributed by atoms with Gasteiger partial charge >= 0.3 is 5.97 Å². The lowest BCUT2D eigenvalue weighted by atomic mass is 10.2. The van der Waals surface area contributed by atoms with Crippen LogP contribution in [0, 0.1) is 0 Å². The molecule has 0 saturated heterocycles. The second-order valence-corrected chi connectivity index (χ2v) is 6.83. The van der Waals surface area contributed by atoms with Crippen molar-refractivity contribution in [3.05, 3.63) is 58.6 Å². The quantitative estimate of drug-likeness (QED) is 0.562. The average Bonchev–Trinajstić information content (AvgIpc) is 3.15. The third-order valence-corrected chi connectivity index (χ3v) is 4.21. The number of carbonyl (C=O) groups is 2. The Hall–Kier alpha value is -3.07. The molecule has 3 rings (SSSR count). The van der Waals surface area contributed by atoms with Gasteiger partial charge in [-0.25, -0.2) is 4.79 Å². The zero-order chi connectivity index (χ0) is 19.9. The minimum absolute atomic E-state index is 0.0795. The number of ether oxygens (including phenoxy) is 1. The molecule has 0 aliphatic heterocycles. The Morgan fingerprint density at radius 3 is 2.50 bits per heavy atom. The number of tetrazole rings is 1. The molecule has 0 aliphatic rings. The number of rotatable bonds is 7. The number of amides is 1. The second-order valence-electron chi connectivity index (χ2n) is 5.91. The topological polar surface area (TPSA) is 99.0 Å². The van der Waals surface area contributed by atoms with Crippen LogP contribution in [0.2, 0.25) is 0 Å². The van der Waals surface area contributed by atoms with Gasteiger partial charge in [-0.2, -0.15) is 4.80 Å². The van der Waals surface area contributed by atoms with Crippen LogP contribution in [0.3, 0.4) is 0 Å². The van der Waals surface area contributed by atoms with Crippen LogP contribution in [-0.2, 0) is 16.1 Å². The summed E-state index contributed by atoms with van der Waals surface area (Å²) in [5.74, 6) is -0.247. The van der Waals surface area contributed by atoms with Crippen molar-refractivity contribution in [1.82, 2.24) is 20.2 Å². The van der Waals surface area contributed by atoms with E-state index in [-0.39, 0.29) is 18.4 Å². The summed E-state index contributed by atoms with van der Waals surface area (Å²) in [6.45, 7) is 2.23. The molecular formula is C19H18BrN5O3. The van der Waals surface area contributed by atoms with Crippen LogP contribution in [0.1, 0.15) is 23.7 Å². The zero-order valence-corrected chi connectivity index (χ0v) is 16.7. The van der Waals surface area contributed by atoms with E-state index in [0.717, 1.165) is 16.5 Å². The molecule has 28 heavy (non-hydrogen) atoms. The van der Waals surface area contributed by atoms with Gasteiger partial charge in [0, 0.05) is 15.7 Å². The summed E-state index contributed by atoms with van der Waals surface area (Å²) in [5.41, 5.74) is 1.80. The molecule has 1 heterocycles. The number of nitrogens with one attached hydrogen (secondary N) is 1. The summed E-state index contributed by atoms with van der Waals surface area (Å²) < 4.78 is 6.02. The fourth-order valence-corrected chi connectivity index (χ4v) is 2.59. The van der Waals surface area contributed by atoms with Gasteiger partial charge in [0.1, 0.15) is 6.54 Å². The summed E-state index contributed by atoms with van der Waals surface area (Å²) in [4.78, 5) is 25.2. The lowest BCUT2D eigenvalue weighted by Crippen LogP contribution is -2.20. The van der Waals surface area contributed by atoms with Gasteiger partial charge in [0.15, 0.2) is 0 Å². The maximum absolute atomic E-state index is 12.2. The Bertz CT molecular complexity index is 954. The maximum Gasteiger partial charge on any atom is 0.338 e.